The van der Waals surface area contributed by atoms with Gasteiger partial charge in [-0.15, -0.1) is 0 Å². The minimum Gasteiger partial charge on any atom is -0.463 e. The molecule has 4 aromatic rings. The largest absolute Gasteiger partial charge is 0.463 e. The van der Waals surface area contributed by atoms with Crippen LogP contribution in [0.1, 0.15) is 38.4 Å². The molecule has 0 radical (unpaired) electrons. The Morgan fingerprint density at radius 3 is 2.88 bits per heavy atom. The number of fused-ring (bicyclic) bond motifs is 2. The molecule has 9 nitrogen and oxygen atoms in total. The average molecular weight is 431 g/mol. The Bertz CT molecular complexity index is 1370. The average Bonchev–Trinajstić information content (AvgIpc) is 3.46. The summed E-state index contributed by atoms with van der Waals surface area (Å²) >= 11 is 0. The third-order valence-corrected chi connectivity index (χ3v) is 5.27. The fourth-order valence-corrected chi connectivity index (χ4v) is 3.66. The molecule has 1 aromatic carbocycles. The molecule has 5 rings (SSSR count). The molecule has 0 aliphatic carbocycles. The van der Waals surface area contributed by atoms with Gasteiger partial charge in [-0.1, -0.05) is 5.16 Å². The number of nitrogens with zero attached hydrogens (tertiary/aromatic N) is 2. The predicted octanol–water partition coefficient (Wildman–Crippen LogP) is 3.72. The summed E-state index contributed by atoms with van der Waals surface area (Å²) < 4.78 is 15.9. The van der Waals surface area contributed by atoms with E-state index >= 15 is 0 Å². The summed E-state index contributed by atoms with van der Waals surface area (Å²) in [5.74, 6) is -0.647. The Labute approximate surface area is 181 Å². The number of nitrogens with one attached hydrogen (secondary N) is 1. The molecule has 0 saturated carbocycles. The van der Waals surface area contributed by atoms with Crippen LogP contribution in [0.5, 0.6) is 0 Å². The van der Waals surface area contributed by atoms with E-state index in [-0.39, 0.29) is 23.0 Å². The molecular weight excluding hydrogens is 414 g/mol. The summed E-state index contributed by atoms with van der Waals surface area (Å²) in [5, 5.41) is 7.07. The molecule has 1 aliphatic heterocycles. The van der Waals surface area contributed by atoms with Crippen LogP contribution in [0.2, 0.25) is 0 Å². The van der Waals surface area contributed by atoms with E-state index in [0.29, 0.717) is 46.6 Å². The van der Waals surface area contributed by atoms with Gasteiger partial charge in [-0.2, -0.15) is 0 Å². The molecule has 1 amide bonds. The molecule has 9 heteroatoms. The van der Waals surface area contributed by atoms with Gasteiger partial charge in [-0.25, -0.2) is 9.78 Å². The van der Waals surface area contributed by atoms with Crippen LogP contribution < -0.4 is 5.32 Å². The first kappa shape index (κ1) is 19.7. The standard InChI is InChI=1S/C23H17N3O6/c1-12-21-15(10-17(19-3-2-8-30-19)25-22(21)32-26-12)23(29)31-11-18(27)14-4-6-16-13(9-14)5-7-20(28)24-16/h2-4,6,8-10H,5,7,11H2,1H3,(H,24,28). The number of aromatic nitrogens is 2. The number of pyridine rings is 1. The van der Waals surface area contributed by atoms with Gasteiger partial charge >= 0.3 is 5.97 Å². The number of amides is 1. The van der Waals surface area contributed by atoms with Gasteiger partial charge in [-0.05, 0) is 55.3 Å². The van der Waals surface area contributed by atoms with Crippen LogP contribution in [0.3, 0.4) is 0 Å². The van der Waals surface area contributed by atoms with Crippen molar-refractivity contribution in [1.82, 2.24) is 10.1 Å². The van der Waals surface area contributed by atoms with Gasteiger partial charge in [0.05, 0.1) is 22.9 Å². The highest BCUT2D eigenvalue weighted by atomic mass is 16.5. The molecule has 4 heterocycles. The van der Waals surface area contributed by atoms with E-state index in [1.807, 2.05) is 0 Å². The quantitative estimate of drug-likeness (QED) is 0.374. The lowest BCUT2D eigenvalue weighted by Gasteiger charge is -2.17. The summed E-state index contributed by atoms with van der Waals surface area (Å²) in [7, 11) is 0. The van der Waals surface area contributed by atoms with Crippen molar-refractivity contribution in [2.45, 2.75) is 19.8 Å². The second-order valence-corrected chi connectivity index (χ2v) is 7.40. The number of ether oxygens (including phenoxy) is 1. The van der Waals surface area contributed by atoms with Crippen LogP contribution in [0, 0.1) is 6.92 Å². The van der Waals surface area contributed by atoms with Crippen LogP contribution in [0.4, 0.5) is 5.69 Å². The maximum atomic E-state index is 12.9. The molecular formula is C23H17N3O6. The summed E-state index contributed by atoms with van der Waals surface area (Å²) in [5.41, 5.74) is 3.20. The van der Waals surface area contributed by atoms with Crippen LogP contribution >= 0.6 is 0 Å². The molecule has 1 aliphatic rings. The summed E-state index contributed by atoms with van der Waals surface area (Å²) in [6, 6.07) is 9.94. The first-order valence-electron chi connectivity index (χ1n) is 9.93. The van der Waals surface area contributed by atoms with Crippen molar-refractivity contribution in [2.75, 3.05) is 11.9 Å². The lowest BCUT2D eigenvalue weighted by atomic mass is 9.99. The first-order chi connectivity index (χ1) is 15.5. The molecule has 160 valence electrons. The zero-order chi connectivity index (χ0) is 22.2. The number of furan rings is 1. The third-order valence-electron chi connectivity index (χ3n) is 5.27. The van der Waals surface area contributed by atoms with Gasteiger partial charge in [0, 0.05) is 17.7 Å². The minimum atomic E-state index is -0.699. The van der Waals surface area contributed by atoms with Gasteiger partial charge in [0.15, 0.2) is 18.2 Å². The molecule has 3 aromatic heterocycles. The number of rotatable bonds is 5. The lowest BCUT2D eigenvalue weighted by molar-refractivity contribution is -0.116. The van der Waals surface area contributed by atoms with Gasteiger partial charge in [0.25, 0.3) is 5.71 Å². The van der Waals surface area contributed by atoms with Crippen LogP contribution in [0.25, 0.3) is 22.6 Å². The summed E-state index contributed by atoms with van der Waals surface area (Å²) in [6.07, 6.45) is 2.42. The Morgan fingerprint density at radius 2 is 2.06 bits per heavy atom. The van der Waals surface area contributed by atoms with Crippen molar-refractivity contribution in [1.29, 1.82) is 0 Å². The number of ketones is 1. The Balaban J connectivity index is 1.38. The number of esters is 1. The van der Waals surface area contributed by atoms with E-state index in [0.717, 1.165) is 5.56 Å². The zero-order valence-electron chi connectivity index (χ0n) is 17.0. The number of hydrogen-bond acceptors (Lipinski definition) is 8. The van der Waals surface area contributed by atoms with E-state index in [9.17, 15) is 14.4 Å². The van der Waals surface area contributed by atoms with Crippen molar-refractivity contribution in [2.24, 2.45) is 0 Å². The SMILES string of the molecule is Cc1noc2nc(-c3ccco3)cc(C(=O)OCC(=O)c3ccc4c(c3)CCC(=O)N4)c12. The number of benzene rings is 1. The predicted molar refractivity (Wildman–Crippen MR) is 112 cm³/mol. The van der Waals surface area contributed by atoms with E-state index in [4.69, 9.17) is 13.7 Å². The number of anilines is 1. The fraction of sp³-hybridized carbons (Fsp3) is 0.174. The first-order valence-corrected chi connectivity index (χ1v) is 9.93. The van der Waals surface area contributed by atoms with Crippen molar-refractivity contribution in [3.05, 3.63) is 65.0 Å². The monoisotopic (exact) mass is 431 g/mol. The number of hydrogen-bond donors (Lipinski definition) is 1. The highest BCUT2D eigenvalue weighted by Gasteiger charge is 2.23. The molecule has 0 fully saturated rings. The smallest absolute Gasteiger partial charge is 0.339 e. The maximum absolute atomic E-state index is 12.9. The maximum Gasteiger partial charge on any atom is 0.339 e. The summed E-state index contributed by atoms with van der Waals surface area (Å²) in [6.45, 7) is 1.25. The zero-order valence-corrected chi connectivity index (χ0v) is 17.0. The highest BCUT2D eigenvalue weighted by Crippen LogP contribution is 2.28. The number of carbonyl (C=O) groups is 3. The highest BCUT2D eigenvalue weighted by molar-refractivity contribution is 6.06. The van der Waals surface area contributed by atoms with Crippen LogP contribution in [0.15, 0.2) is 51.6 Å². The number of aryl methyl sites for hydroxylation is 2. The van der Waals surface area contributed by atoms with Crippen molar-refractivity contribution in [3.63, 3.8) is 0 Å². The van der Waals surface area contributed by atoms with Crippen LogP contribution in [-0.4, -0.2) is 34.4 Å². The lowest BCUT2D eigenvalue weighted by Crippen LogP contribution is -2.20. The second kappa shape index (κ2) is 7.77. The molecule has 0 unspecified atom stereocenters. The topological polar surface area (TPSA) is 125 Å². The second-order valence-electron chi connectivity index (χ2n) is 7.40. The van der Waals surface area contributed by atoms with E-state index in [1.54, 1.807) is 37.3 Å². The Kier molecular flexibility index (Phi) is 4.78. The Hall–Kier alpha value is -4.27. The normalized spacial score (nSPS) is 13.0. The van der Waals surface area contributed by atoms with Crippen molar-refractivity contribution >= 4 is 34.4 Å². The molecule has 32 heavy (non-hydrogen) atoms. The van der Waals surface area contributed by atoms with Gasteiger partial charge < -0.3 is 19.0 Å². The van der Waals surface area contributed by atoms with Crippen molar-refractivity contribution in [3.8, 4) is 11.5 Å². The number of Topliss-reactive ketones (excluding diaryl/α,β-unsaturated/α-hetero) is 1. The molecule has 0 spiro atoms. The van der Waals surface area contributed by atoms with Gasteiger partial charge in [-0.3, -0.25) is 9.59 Å². The third kappa shape index (κ3) is 3.53. The minimum absolute atomic E-state index is 0.0490. The van der Waals surface area contributed by atoms with Gasteiger partial charge in [0.1, 0.15) is 5.69 Å². The van der Waals surface area contributed by atoms with Crippen molar-refractivity contribution < 1.29 is 28.1 Å². The molecule has 1 N–H and O–H groups in total. The van der Waals surface area contributed by atoms with E-state index in [2.05, 4.69) is 15.5 Å². The number of carbonyl (C=O) groups excluding carboxylic acids is 3. The molecule has 0 saturated heterocycles. The van der Waals surface area contributed by atoms with E-state index in [1.165, 1.54) is 12.3 Å². The Morgan fingerprint density at radius 1 is 1.19 bits per heavy atom. The van der Waals surface area contributed by atoms with Gasteiger partial charge in [0.2, 0.25) is 5.91 Å². The van der Waals surface area contributed by atoms with E-state index < -0.39 is 12.6 Å². The molecule has 0 bridgehead atoms. The van der Waals surface area contributed by atoms with Crippen LogP contribution in [-0.2, 0) is 16.0 Å². The fourth-order valence-electron chi connectivity index (χ4n) is 3.66. The molecule has 0 atom stereocenters. The summed E-state index contributed by atoms with van der Waals surface area (Å²) in [4.78, 5) is 41.4.